The first kappa shape index (κ1) is 19.8. The zero-order chi connectivity index (χ0) is 19.9. The summed E-state index contributed by atoms with van der Waals surface area (Å²) in [5, 5.41) is 11.0. The van der Waals surface area contributed by atoms with E-state index in [4.69, 9.17) is 13.9 Å². The van der Waals surface area contributed by atoms with Gasteiger partial charge in [-0.3, -0.25) is 4.79 Å². The van der Waals surface area contributed by atoms with Crippen molar-refractivity contribution in [2.75, 3.05) is 18.2 Å². The Morgan fingerprint density at radius 1 is 1.14 bits per heavy atom. The number of methoxy groups -OCH3 is 1. The molecule has 1 aromatic heterocycles. The number of anilines is 1. The minimum atomic E-state index is -0.194. The van der Waals surface area contributed by atoms with E-state index in [0.29, 0.717) is 22.6 Å². The Balaban J connectivity index is 1.49. The van der Waals surface area contributed by atoms with Crippen molar-refractivity contribution in [2.24, 2.45) is 0 Å². The number of benzene rings is 2. The fourth-order valence-corrected chi connectivity index (χ4v) is 2.95. The normalized spacial score (nSPS) is 10.5. The van der Waals surface area contributed by atoms with E-state index in [1.165, 1.54) is 5.56 Å². The number of hydrogen-bond acceptors (Lipinski definition) is 7. The quantitative estimate of drug-likeness (QED) is 0.573. The first-order valence-electron chi connectivity index (χ1n) is 8.63. The molecule has 1 N–H and O–H groups in total. The zero-order valence-corrected chi connectivity index (χ0v) is 16.7. The maximum atomic E-state index is 12.1. The third-order valence-corrected chi connectivity index (χ3v) is 4.82. The number of nitrogens with one attached hydrogen (secondary N) is 1. The van der Waals surface area contributed by atoms with Gasteiger partial charge in [-0.2, -0.15) is 0 Å². The second kappa shape index (κ2) is 9.27. The van der Waals surface area contributed by atoms with Gasteiger partial charge in [-0.1, -0.05) is 30.0 Å². The van der Waals surface area contributed by atoms with Crippen molar-refractivity contribution >= 4 is 23.4 Å². The molecule has 0 fully saturated rings. The van der Waals surface area contributed by atoms with Gasteiger partial charge in [0.1, 0.15) is 11.5 Å². The molecular formula is C20H21N3O4S. The topological polar surface area (TPSA) is 86.5 Å². The van der Waals surface area contributed by atoms with Crippen LogP contribution < -0.4 is 14.8 Å². The highest BCUT2D eigenvalue weighted by molar-refractivity contribution is 7.99. The summed E-state index contributed by atoms with van der Waals surface area (Å²) in [4.78, 5) is 12.1. The van der Waals surface area contributed by atoms with Gasteiger partial charge in [0, 0.05) is 0 Å². The van der Waals surface area contributed by atoms with Crippen LogP contribution in [0, 0.1) is 13.8 Å². The van der Waals surface area contributed by atoms with Crippen molar-refractivity contribution in [3.63, 3.8) is 0 Å². The highest BCUT2D eigenvalue weighted by Crippen LogP contribution is 2.24. The number of carbonyl (C=O) groups is 1. The van der Waals surface area contributed by atoms with Gasteiger partial charge in [0.25, 0.3) is 11.1 Å². The van der Waals surface area contributed by atoms with Crippen molar-refractivity contribution in [1.29, 1.82) is 0 Å². The van der Waals surface area contributed by atoms with E-state index in [1.807, 2.05) is 44.2 Å². The van der Waals surface area contributed by atoms with Crippen molar-refractivity contribution in [2.45, 2.75) is 25.7 Å². The molecule has 0 aliphatic heterocycles. The van der Waals surface area contributed by atoms with Crippen LogP contribution in [0.5, 0.6) is 11.5 Å². The third-order valence-electron chi connectivity index (χ3n) is 4.00. The van der Waals surface area contributed by atoms with Gasteiger partial charge in [0.05, 0.1) is 18.6 Å². The first-order chi connectivity index (χ1) is 13.5. The molecule has 3 rings (SSSR count). The van der Waals surface area contributed by atoms with Gasteiger partial charge < -0.3 is 19.2 Å². The Kier molecular flexibility index (Phi) is 6.54. The predicted octanol–water partition coefficient (Wildman–Crippen LogP) is 4.00. The second-order valence-electron chi connectivity index (χ2n) is 6.03. The highest BCUT2D eigenvalue weighted by Gasteiger charge is 2.12. The number of thioether (sulfide) groups is 1. The smallest absolute Gasteiger partial charge is 0.277 e. The highest BCUT2D eigenvalue weighted by atomic mass is 32.2. The van der Waals surface area contributed by atoms with Crippen LogP contribution in [0.2, 0.25) is 0 Å². The molecule has 1 heterocycles. The first-order valence-corrected chi connectivity index (χ1v) is 9.62. The Bertz CT molecular complexity index is 958. The fourth-order valence-electron chi connectivity index (χ4n) is 2.37. The number of hydrogen-bond donors (Lipinski definition) is 1. The fraction of sp³-hybridized carbons (Fsp3) is 0.250. The van der Waals surface area contributed by atoms with E-state index >= 15 is 0 Å². The van der Waals surface area contributed by atoms with Crippen LogP contribution in [0.1, 0.15) is 17.0 Å². The SMILES string of the molecule is COc1ccccc1NC(=O)CSc1nnc(COc2ccc(C)c(C)c2)o1. The molecule has 0 saturated carbocycles. The molecule has 2 aromatic carbocycles. The summed E-state index contributed by atoms with van der Waals surface area (Å²) in [6.07, 6.45) is 0. The van der Waals surface area contributed by atoms with E-state index in [1.54, 1.807) is 19.2 Å². The van der Waals surface area contributed by atoms with Crippen LogP contribution in [-0.2, 0) is 11.4 Å². The van der Waals surface area contributed by atoms with Crippen LogP contribution in [0.4, 0.5) is 5.69 Å². The molecule has 1 amide bonds. The summed E-state index contributed by atoms with van der Waals surface area (Å²) in [5.41, 5.74) is 2.97. The molecule has 146 valence electrons. The number of ether oxygens (including phenoxy) is 2. The lowest BCUT2D eigenvalue weighted by molar-refractivity contribution is -0.113. The Hall–Kier alpha value is -3.00. The molecule has 8 heteroatoms. The van der Waals surface area contributed by atoms with Crippen LogP contribution in [-0.4, -0.2) is 29.0 Å². The van der Waals surface area contributed by atoms with Gasteiger partial charge >= 0.3 is 0 Å². The van der Waals surface area contributed by atoms with Crippen molar-refractivity contribution in [1.82, 2.24) is 10.2 Å². The molecule has 0 aliphatic carbocycles. The average molecular weight is 399 g/mol. The van der Waals surface area contributed by atoms with E-state index in [0.717, 1.165) is 23.1 Å². The molecule has 3 aromatic rings. The van der Waals surface area contributed by atoms with Crippen LogP contribution in [0.25, 0.3) is 0 Å². The third kappa shape index (κ3) is 5.26. The standard InChI is InChI=1S/C20H21N3O4S/c1-13-8-9-15(10-14(13)2)26-11-19-22-23-20(27-19)28-12-18(24)21-16-6-4-5-7-17(16)25-3/h4-10H,11-12H2,1-3H3,(H,21,24). The molecule has 0 bridgehead atoms. The molecule has 0 spiro atoms. The second-order valence-corrected chi connectivity index (χ2v) is 6.96. The molecule has 0 aliphatic rings. The predicted molar refractivity (Wildman–Crippen MR) is 107 cm³/mol. The van der Waals surface area contributed by atoms with Gasteiger partial charge in [-0.05, 0) is 49.2 Å². The number of amides is 1. The maximum absolute atomic E-state index is 12.1. The lowest BCUT2D eigenvalue weighted by Gasteiger charge is -2.08. The van der Waals surface area contributed by atoms with Gasteiger partial charge in [-0.15, -0.1) is 10.2 Å². The number of carbonyl (C=O) groups excluding carboxylic acids is 1. The maximum Gasteiger partial charge on any atom is 0.277 e. The number of aryl methyl sites for hydroxylation is 2. The minimum absolute atomic E-state index is 0.137. The number of aromatic nitrogens is 2. The zero-order valence-electron chi connectivity index (χ0n) is 15.9. The average Bonchev–Trinajstić information content (AvgIpc) is 3.16. The van der Waals surface area contributed by atoms with Gasteiger partial charge in [-0.25, -0.2) is 0 Å². The van der Waals surface area contributed by atoms with Crippen molar-refractivity contribution in [3.8, 4) is 11.5 Å². The van der Waals surface area contributed by atoms with Crippen LogP contribution >= 0.6 is 11.8 Å². The van der Waals surface area contributed by atoms with Gasteiger partial charge in [0.2, 0.25) is 5.91 Å². The summed E-state index contributed by atoms with van der Waals surface area (Å²) in [7, 11) is 1.56. The Morgan fingerprint density at radius 3 is 2.75 bits per heavy atom. The Labute approximate surface area is 167 Å². The largest absolute Gasteiger partial charge is 0.495 e. The Morgan fingerprint density at radius 2 is 1.96 bits per heavy atom. The molecule has 7 nitrogen and oxygen atoms in total. The molecule has 28 heavy (non-hydrogen) atoms. The summed E-state index contributed by atoms with van der Waals surface area (Å²) in [5.74, 6) is 1.64. The van der Waals surface area contributed by atoms with Gasteiger partial charge in [0.15, 0.2) is 6.61 Å². The molecular weight excluding hydrogens is 378 g/mol. The number of rotatable bonds is 8. The summed E-state index contributed by atoms with van der Waals surface area (Å²) >= 11 is 1.16. The lowest BCUT2D eigenvalue weighted by Crippen LogP contribution is -2.14. The minimum Gasteiger partial charge on any atom is -0.495 e. The van der Waals surface area contributed by atoms with Crippen molar-refractivity contribution < 1.29 is 18.7 Å². The lowest BCUT2D eigenvalue weighted by atomic mass is 10.1. The summed E-state index contributed by atoms with van der Waals surface area (Å²) in [6, 6.07) is 13.1. The van der Waals surface area contributed by atoms with E-state index < -0.39 is 0 Å². The van der Waals surface area contributed by atoms with Crippen LogP contribution in [0.3, 0.4) is 0 Å². The number of nitrogens with zero attached hydrogens (tertiary/aromatic N) is 2. The van der Waals surface area contributed by atoms with E-state index in [9.17, 15) is 4.79 Å². The van der Waals surface area contributed by atoms with Crippen molar-refractivity contribution in [3.05, 3.63) is 59.5 Å². The molecule has 0 atom stereocenters. The molecule has 0 unspecified atom stereocenters. The molecule has 0 saturated heterocycles. The van der Waals surface area contributed by atoms with E-state index in [2.05, 4.69) is 15.5 Å². The summed E-state index contributed by atoms with van der Waals surface area (Å²) < 4.78 is 16.4. The molecule has 0 radical (unpaired) electrons. The number of para-hydroxylation sites is 2. The van der Waals surface area contributed by atoms with E-state index in [-0.39, 0.29) is 18.3 Å². The summed E-state index contributed by atoms with van der Waals surface area (Å²) in [6.45, 7) is 4.24. The monoisotopic (exact) mass is 399 g/mol. The van der Waals surface area contributed by atoms with Crippen LogP contribution in [0.15, 0.2) is 52.1 Å².